The molecule has 24 heavy (non-hydrogen) atoms. The summed E-state index contributed by atoms with van der Waals surface area (Å²) in [6, 6.07) is 2.65. The topological polar surface area (TPSA) is 57.3 Å². The summed E-state index contributed by atoms with van der Waals surface area (Å²) in [5.74, 6) is 3.07. The Hall–Kier alpha value is -1.31. The van der Waals surface area contributed by atoms with Gasteiger partial charge in [-0.2, -0.15) is 0 Å². The third-order valence-electron chi connectivity index (χ3n) is 5.12. The molecule has 130 valence electrons. The Kier molecular flexibility index (Phi) is 4.65. The molecule has 7 heteroatoms. The summed E-state index contributed by atoms with van der Waals surface area (Å²) >= 11 is 2.00. The highest BCUT2D eigenvalue weighted by atomic mass is 32.2. The molecule has 0 spiro atoms. The lowest BCUT2D eigenvalue weighted by atomic mass is 9.81. The van der Waals surface area contributed by atoms with Crippen LogP contribution in [0, 0.1) is 5.92 Å². The van der Waals surface area contributed by atoms with Gasteiger partial charge in [0, 0.05) is 38.1 Å². The van der Waals surface area contributed by atoms with Crippen molar-refractivity contribution in [1.82, 2.24) is 19.3 Å². The largest absolute Gasteiger partial charge is 0.376 e. The van der Waals surface area contributed by atoms with E-state index in [0.29, 0.717) is 12.1 Å². The van der Waals surface area contributed by atoms with Crippen LogP contribution >= 0.6 is 11.9 Å². The third-order valence-corrected chi connectivity index (χ3v) is 6.44. The average molecular weight is 347 g/mol. The molecule has 0 amide bonds. The van der Waals surface area contributed by atoms with Gasteiger partial charge in [0.25, 0.3) is 0 Å². The van der Waals surface area contributed by atoms with Crippen molar-refractivity contribution < 1.29 is 4.74 Å². The smallest absolute Gasteiger partial charge is 0.142 e. The number of nitrogens with one attached hydrogen (secondary N) is 1. The SMILES string of the molecule is CC1CN(SCC2CC(N(C)c3ncnc4[nH]ccc34)C2)CCO1. The van der Waals surface area contributed by atoms with Crippen LogP contribution < -0.4 is 4.90 Å². The van der Waals surface area contributed by atoms with Crippen LogP contribution in [0.3, 0.4) is 0 Å². The highest BCUT2D eigenvalue weighted by Gasteiger charge is 2.34. The van der Waals surface area contributed by atoms with Gasteiger partial charge in [0.15, 0.2) is 0 Å². The third kappa shape index (κ3) is 3.25. The van der Waals surface area contributed by atoms with Crippen LogP contribution in [0.4, 0.5) is 5.82 Å². The molecule has 2 aromatic rings. The van der Waals surface area contributed by atoms with Crippen LogP contribution in [0.2, 0.25) is 0 Å². The number of ether oxygens (including phenoxy) is 1. The zero-order chi connectivity index (χ0) is 16.5. The molecule has 1 N–H and O–H groups in total. The van der Waals surface area contributed by atoms with Crippen molar-refractivity contribution in [2.24, 2.45) is 5.92 Å². The van der Waals surface area contributed by atoms with Gasteiger partial charge < -0.3 is 14.6 Å². The van der Waals surface area contributed by atoms with Gasteiger partial charge in [-0.05, 0) is 31.7 Å². The van der Waals surface area contributed by atoms with Crippen LogP contribution in [0.5, 0.6) is 0 Å². The van der Waals surface area contributed by atoms with E-state index in [1.165, 1.54) is 18.6 Å². The van der Waals surface area contributed by atoms with Gasteiger partial charge >= 0.3 is 0 Å². The molecule has 0 bridgehead atoms. The molecule has 1 aliphatic carbocycles. The molecule has 0 radical (unpaired) electrons. The summed E-state index contributed by atoms with van der Waals surface area (Å²) < 4.78 is 8.08. The number of rotatable bonds is 5. The summed E-state index contributed by atoms with van der Waals surface area (Å²) in [6.07, 6.45) is 6.45. The number of fused-ring (bicyclic) bond motifs is 1. The highest BCUT2D eigenvalue weighted by Crippen LogP contribution is 2.37. The molecule has 1 atom stereocenters. The molecule has 4 rings (SSSR count). The van der Waals surface area contributed by atoms with E-state index < -0.39 is 0 Å². The Morgan fingerprint density at radius 2 is 2.29 bits per heavy atom. The van der Waals surface area contributed by atoms with E-state index in [2.05, 4.69) is 44.2 Å². The standard InChI is InChI=1S/C17H25N5OS/c1-12-9-22(5-6-23-12)24-10-13-7-14(8-13)21(2)17-15-3-4-18-16(15)19-11-20-17/h3-4,11-14H,5-10H2,1-2H3,(H,18,19,20). The normalized spacial score (nSPS) is 28.0. The van der Waals surface area contributed by atoms with Gasteiger partial charge in [0.1, 0.15) is 17.8 Å². The first kappa shape index (κ1) is 16.2. The van der Waals surface area contributed by atoms with Gasteiger partial charge in [-0.25, -0.2) is 14.3 Å². The first-order valence-electron chi connectivity index (χ1n) is 8.71. The van der Waals surface area contributed by atoms with Crippen LogP contribution in [0.1, 0.15) is 19.8 Å². The first-order chi connectivity index (χ1) is 11.7. The predicted octanol–water partition coefficient (Wildman–Crippen LogP) is 2.54. The number of hydrogen-bond acceptors (Lipinski definition) is 6. The zero-order valence-corrected chi connectivity index (χ0v) is 15.1. The minimum atomic E-state index is 0.369. The minimum Gasteiger partial charge on any atom is -0.376 e. The maximum atomic E-state index is 5.60. The summed E-state index contributed by atoms with van der Waals surface area (Å²) in [4.78, 5) is 14.3. The number of H-pyrrole nitrogens is 1. The number of aromatic amines is 1. The van der Waals surface area contributed by atoms with E-state index in [-0.39, 0.29) is 0 Å². The second-order valence-electron chi connectivity index (χ2n) is 6.90. The van der Waals surface area contributed by atoms with E-state index in [0.717, 1.165) is 42.5 Å². The molecule has 0 aromatic carbocycles. The van der Waals surface area contributed by atoms with Gasteiger partial charge in [0.2, 0.25) is 0 Å². The lowest BCUT2D eigenvalue weighted by Crippen LogP contribution is -2.44. The fourth-order valence-electron chi connectivity index (χ4n) is 3.58. The number of hydrogen-bond donors (Lipinski definition) is 1. The molecule has 1 unspecified atom stereocenters. The van der Waals surface area contributed by atoms with Crippen molar-refractivity contribution in [3.8, 4) is 0 Å². The van der Waals surface area contributed by atoms with E-state index >= 15 is 0 Å². The summed E-state index contributed by atoms with van der Waals surface area (Å²) in [5.41, 5.74) is 0.916. The Labute approximate surface area is 147 Å². The van der Waals surface area contributed by atoms with Crippen molar-refractivity contribution in [2.45, 2.75) is 31.9 Å². The number of nitrogens with zero attached hydrogens (tertiary/aromatic N) is 4. The van der Waals surface area contributed by atoms with Crippen LogP contribution in [-0.4, -0.2) is 63.9 Å². The van der Waals surface area contributed by atoms with Crippen molar-refractivity contribution in [3.63, 3.8) is 0 Å². The first-order valence-corrected chi connectivity index (χ1v) is 9.65. The van der Waals surface area contributed by atoms with Crippen molar-refractivity contribution >= 4 is 28.8 Å². The van der Waals surface area contributed by atoms with E-state index in [9.17, 15) is 0 Å². The van der Waals surface area contributed by atoms with Gasteiger partial charge in [-0.3, -0.25) is 0 Å². The van der Waals surface area contributed by atoms with Crippen LogP contribution in [0.15, 0.2) is 18.6 Å². The van der Waals surface area contributed by atoms with Crippen molar-refractivity contribution in [3.05, 3.63) is 18.6 Å². The fourth-order valence-corrected chi connectivity index (χ4v) is 4.79. The maximum Gasteiger partial charge on any atom is 0.142 e. The summed E-state index contributed by atoms with van der Waals surface area (Å²) in [7, 11) is 2.16. The van der Waals surface area contributed by atoms with Gasteiger partial charge in [-0.1, -0.05) is 11.9 Å². The Morgan fingerprint density at radius 1 is 1.42 bits per heavy atom. The maximum absolute atomic E-state index is 5.60. The molecular formula is C17H25N5OS. The lowest BCUT2D eigenvalue weighted by molar-refractivity contribution is 0.0133. The predicted molar refractivity (Wildman–Crippen MR) is 98.2 cm³/mol. The van der Waals surface area contributed by atoms with Crippen molar-refractivity contribution in [2.75, 3.05) is 37.4 Å². The molecule has 2 aliphatic rings. The van der Waals surface area contributed by atoms with E-state index in [1.807, 2.05) is 18.1 Å². The molecule has 1 aliphatic heterocycles. The lowest BCUT2D eigenvalue weighted by Gasteiger charge is -2.42. The molecule has 2 aromatic heterocycles. The van der Waals surface area contributed by atoms with E-state index in [1.54, 1.807) is 6.33 Å². The molecule has 1 saturated heterocycles. The molecule has 2 fully saturated rings. The van der Waals surface area contributed by atoms with E-state index in [4.69, 9.17) is 4.74 Å². The van der Waals surface area contributed by atoms with Crippen LogP contribution in [0.25, 0.3) is 11.0 Å². The van der Waals surface area contributed by atoms with Crippen molar-refractivity contribution in [1.29, 1.82) is 0 Å². The van der Waals surface area contributed by atoms with Crippen LogP contribution in [-0.2, 0) is 4.74 Å². The number of aromatic nitrogens is 3. The molecular weight excluding hydrogens is 322 g/mol. The number of morpholine rings is 1. The Balaban J connectivity index is 1.28. The molecule has 6 nitrogen and oxygen atoms in total. The fraction of sp³-hybridized carbons (Fsp3) is 0.647. The molecule has 3 heterocycles. The quantitative estimate of drug-likeness (QED) is 0.839. The van der Waals surface area contributed by atoms with Gasteiger partial charge in [-0.15, -0.1) is 0 Å². The monoisotopic (exact) mass is 347 g/mol. The highest BCUT2D eigenvalue weighted by molar-refractivity contribution is 7.97. The van der Waals surface area contributed by atoms with Gasteiger partial charge in [0.05, 0.1) is 18.1 Å². The summed E-state index contributed by atoms with van der Waals surface area (Å²) in [5, 5.41) is 1.11. The second-order valence-corrected chi connectivity index (χ2v) is 8.01. The average Bonchev–Trinajstić information content (AvgIpc) is 3.01. The molecule has 1 saturated carbocycles. The summed E-state index contributed by atoms with van der Waals surface area (Å²) in [6.45, 7) is 5.12. The Morgan fingerprint density at radius 3 is 3.12 bits per heavy atom. The Bertz CT molecular complexity index is 686. The number of anilines is 1. The second kappa shape index (κ2) is 6.90. The zero-order valence-electron chi connectivity index (χ0n) is 14.3. The minimum absolute atomic E-state index is 0.369.